The molecule has 6 nitrogen and oxygen atoms in total. The number of nitrogens with one attached hydrogen (secondary N) is 1. The maximum atomic E-state index is 13.0. The van der Waals surface area contributed by atoms with Crippen LogP contribution in [0.2, 0.25) is 0 Å². The lowest BCUT2D eigenvalue weighted by Crippen LogP contribution is -2.51. The van der Waals surface area contributed by atoms with Crippen LogP contribution in [-0.2, 0) is 27.2 Å². The SMILES string of the molecule is O=[C][C@@H]1CCCN1C(=O)[C@@H](Cc1ccccc1)NC(=O)Cc1cccnc1. The molecule has 1 aromatic carbocycles. The lowest BCUT2D eigenvalue weighted by Gasteiger charge is -2.26. The second kappa shape index (κ2) is 9.07. The number of hydrogen-bond donors (Lipinski definition) is 1. The first-order valence-corrected chi connectivity index (χ1v) is 9.07. The van der Waals surface area contributed by atoms with Gasteiger partial charge in [-0.25, -0.2) is 0 Å². The van der Waals surface area contributed by atoms with Crippen molar-refractivity contribution in [2.45, 2.75) is 37.8 Å². The summed E-state index contributed by atoms with van der Waals surface area (Å²) >= 11 is 0. The Hall–Kier alpha value is -3.02. The molecule has 0 bridgehead atoms. The molecule has 3 rings (SSSR count). The zero-order chi connectivity index (χ0) is 19.1. The molecule has 0 spiro atoms. The van der Waals surface area contributed by atoms with Crippen molar-refractivity contribution < 1.29 is 14.4 Å². The number of amides is 2. The van der Waals surface area contributed by atoms with Crippen LogP contribution in [-0.4, -0.2) is 46.6 Å². The van der Waals surface area contributed by atoms with Crippen molar-refractivity contribution in [3.63, 3.8) is 0 Å². The van der Waals surface area contributed by atoms with Crippen LogP contribution in [0.15, 0.2) is 54.9 Å². The Bertz CT molecular complexity index is 780. The maximum Gasteiger partial charge on any atom is 0.246 e. The summed E-state index contributed by atoms with van der Waals surface area (Å²) in [5.41, 5.74) is 1.73. The molecule has 2 heterocycles. The first-order chi connectivity index (χ1) is 13.2. The molecule has 27 heavy (non-hydrogen) atoms. The molecule has 1 radical (unpaired) electrons. The van der Waals surface area contributed by atoms with Crippen LogP contribution >= 0.6 is 0 Å². The van der Waals surface area contributed by atoms with E-state index in [2.05, 4.69) is 10.3 Å². The van der Waals surface area contributed by atoms with E-state index in [4.69, 9.17) is 0 Å². The molecule has 0 aliphatic carbocycles. The van der Waals surface area contributed by atoms with E-state index in [0.29, 0.717) is 19.4 Å². The highest BCUT2D eigenvalue weighted by molar-refractivity contribution is 5.90. The van der Waals surface area contributed by atoms with E-state index < -0.39 is 12.1 Å². The summed E-state index contributed by atoms with van der Waals surface area (Å²) in [5.74, 6) is -0.479. The van der Waals surface area contributed by atoms with Crippen molar-refractivity contribution in [3.8, 4) is 0 Å². The van der Waals surface area contributed by atoms with E-state index in [1.807, 2.05) is 42.7 Å². The highest BCUT2D eigenvalue weighted by atomic mass is 16.2. The van der Waals surface area contributed by atoms with Crippen molar-refractivity contribution in [1.82, 2.24) is 15.2 Å². The summed E-state index contributed by atoms with van der Waals surface area (Å²) in [6.45, 7) is 0.516. The third-order valence-electron chi connectivity index (χ3n) is 4.68. The molecular weight excluding hydrogens is 342 g/mol. The number of benzene rings is 1. The topological polar surface area (TPSA) is 79.4 Å². The van der Waals surface area contributed by atoms with Gasteiger partial charge in [0.1, 0.15) is 6.04 Å². The Kier molecular flexibility index (Phi) is 6.30. The van der Waals surface area contributed by atoms with Crippen LogP contribution in [0.1, 0.15) is 24.0 Å². The fourth-order valence-electron chi connectivity index (χ4n) is 3.34. The van der Waals surface area contributed by atoms with Crippen LogP contribution in [0.4, 0.5) is 0 Å². The highest BCUT2D eigenvalue weighted by Crippen LogP contribution is 2.18. The molecule has 1 aliphatic heterocycles. The largest absolute Gasteiger partial charge is 0.344 e. The van der Waals surface area contributed by atoms with Gasteiger partial charge in [-0.15, -0.1) is 0 Å². The molecule has 0 unspecified atom stereocenters. The van der Waals surface area contributed by atoms with Gasteiger partial charge in [0.25, 0.3) is 0 Å². The van der Waals surface area contributed by atoms with Crippen LogP contribution < -0.4 is 5.32 Å². The third-order valence-corrected chi connectivity index (χ3v) is 4.68. The van der Waals surface area contributed by atoms with E-state index in [1.54, 1.807) is 18.5 Å². The third kappa shape index (κ3) is 5.00. The Morgan fingerprint density at radius 1 is 1.19 bits per heavy atom. The minimum atomic E-state index is -0.717. The molecule has 139 valence electrons. The maximum absolute atomic E-state index is 13.0. The van der Waals surface area contributed by atoms with Gasteiger partial charge in [0.15, 0.2) is 0 Å². The average Bonchev–Trinajstić information content (AvgIpc) is 3.17. The van der Waals surface area contributed by atoms with Gasteiger partial charge in [0, 0.05) is 25.4 Å². The monoisotopic (exact) mass is 364 g/mol. The smallest absolute Gasteiger partial charge is 0.246 e. The van der Waals surface area contributed by atoms with Crippen molar-refractivity contribution in [3.05, 3.63) is 66.0 Å². The number of likely N-dealkylation sites (tertiary alicyclic amines) is 1. The number of hydrogen-bond acceptors (Lipinski definition) is 4. The van der Waals surface area contributed by atoms with E-state index in [-0.39, 0.29) is 18.2 Å². The summed E-state index contributed by atoms with van der Waals surface area (Å²) in [4.78, 5) is 42.2. The Balaban J connectivity index is 1.73. The molecule has 1 fully saturated rings. The van der Waals surface area contributed by atoms with E-state index in [1.165, 1.54) is 4.90 Å². The van der Waals surface area contributed by atoms with E-state index in [0.717, 1.165) is 17.5 Å². The number of carbonyl (C=O) groups is 2. The number of aromatic nitrogens is 1. The summed E-state index contributed by atoms with van der Waals surface area (Å²) in [6, 6.07) is 11.9. The van der Waals surface area contributed by atoms with Gasteiger partial charge in [-0.05, 0) is 30.0 Å². The molecule has 1 saturated heterocycles. The van der Waals surface area contributed by atoms with Gasteiger partial charge < -0.3 is 10.2 Å². The fraction of sp³-hybridized carbons (Fsp3) is 0.333. The van der Waals surface area contributed by atoms with Gasteiger partial charge in [0.05, 0.1) is 12.5 Å². The molecule has 2 atom stereocenters. The number of rotatable bonds is 7. The molecule has 1 aromatic heterocycles. The van der Waals surface area contributed by atoms with Crippen molar-refractivity contribution in [1.29, 1.82) is 0 Å². The average molecular weight is 364 g/mol. The highest BCUT2D eigenvalue weighted by Gasteiger charge is 2.34. The van der Waals surface area contributed by atoms with Crippen molar-refractivity contribution in [2.24, 2.45) is 0 Å². The minimum Gasteiger partial charge on any atom is -0.344 e. The fourth-order valence-corrected chi connectivity index (χ4v) is 3.34. The van der Waals surface area contributed by atoms with Crippen LogP contribution in [0.25, 0.3) is 0 Å². The summed E-state index contributed by atoms with van der Waals surface area (Å²) in [5, 5.41) is 2.85. The Morgan fingerprint density at radius 2 is 1.96 bits per heavy atom. The zero-order valence-electron chi connectivity index (χ0n) is 15.0. The summed E-state index contributed by atoms with van der Waals surface area (Å²) < 4.78 is 0. The Morgan fingerprint density at radius 3 is 2.67 bits per heavy atom. The van der Waals surface area contributed by atoms with Gasteiger partial charge in [0.2, 0.25) is 18.1 Å². The second-order valence-corrected chi connectivity index (χ2v) is 6.66. The van der Waals surface area contributed by atoms with Crippen LogP contribution in [0, 0.1) is 0 Å². The van der Waals surface area contributed by atoms with E-state index >= 15 is 0 Å². The number of nitrogens with zero attached hydrogens (tertiary/aromatic N) is 2. The predicted octanol–water partition coefficient (Wildman–Crippen LogP) is 1.45. The van der Waals surface area contributed by atoms with Crippen LogP contribution in [0.3, 0.4) is 0 Å². The minimum absolute atomic E-state index is 0.148. The lowest BCUT2D eigenvalue weighted by molar-refractivity contribution is -0.136. The van der Waals surface area contributed by atoms with Gasteiger partial charge >= 0.3 is 0 Å². The molecule has 1 aliphatic rings. The molecule has 0 saturated carbocycles. The standard InChI is InChI=1S/C21H22N3O3/c25-15-18-9-5-11-24(18)21(27)19(12-16-6-2-1-3-7-16)23-20(26)13-17-8-4-10-22-14-17/h1-4,6-8,10,14,18-19H,5,9,11-13H2,(H,23,26)/t18-,19+/m0/s1. The molecular formula is C21H22N3O3. The molecule has 2 aromatic rings. The first-order valence-electron chi connectivity index (χ1n) is 9.07. The van der Waals surface area contributed by atoms with Crippen molar-refractivity contribution in [2.75, 3.05) is 6.54 Å². The number of carbonyl (C=O) groups excluding carboxylic acids is 3. The second-order valence-electron chi connectivity index (χ2n) is 6.66. The quantitative estimate of drug-likeness (QED) is 0.807. The Labute approximate surface area is 158 Å². The summed E-state index contributed by atoms with van der Waals surface area (Å²) in [7, 11) is 0. The predicted molar refractivity (Wildman–Crippen MR) is 100 cm³/mol. The molecule has 1 N–H and O–H groups in total. The van der Waals surface area contributed by atoms with Gasteiger partial charge in [-0.1, -0.05) is 36.4 Å². The zero-order valence-corrected chi connectivity index (χ0v) is 15.0. The summed E-state index contributed by atoms with van der Waals surface area (Å²) in [6.07, 6.45) is 7.13. The van der Waals surface area contributed by atoms with Gasteiger partial charge in [-0.2, -0.15) is 0 Å². The van der Waals surface area contributed by atoms with Crippen molar-refractivity contribution >= 4 is 18.1 Å². The normalized spacial score (nSPS) is 17.3. The lowest BCUT2D eigenvalue weighted by atomic mass is 10.0. The molecule has 2 amide bonds. The number of pyridine rings is 1. The van der Waals surface area contributed by atoms with E-state index in [9.17, 15) is 14.4 Å². The first kappa shape index (κ1) is 18.8. The molecule has 6 heteroatoms. The van der Waals surface area contributed by atoms with Crippen LogP contribution in [0.5, 0.6) is 0 Å². The van der Waals surface area contributed by atoms with Gasteiger partial charge in [-0.3, -0.25) is 19.4 Å².